The Hall–Kier alpha value is -2.70. The van der Waals surface area contributed by atoms with Gasteiger partial charge in [0.2, 0.25) is 0 Å². The molecule has 13 heteroatoms. The highest BCUT2D eigenvalue weighted by Crippen LogP contribution is 2.24. The molecule has 0 aliphatic rings. The molecule has 0 aromatic rings. The molecule has 0 radical (unpaired) electrons. The summed E-state index contributed by atoms with van der Waals surface area (Å²) in [5.74, 6) is -1.46. The lowest BCUT2D eigenvalue weighted by Gasteiger charge is -2.23. The summed E-state index contributed by atoms with van der Waals surface area (Å²) in [6, 6.07) is 0. The van der Waals surface area contributed by atoms with Crippen LogP contribution in [0.5, 0.6) is 0 Å². The highest BCUT2D eigenvalue weighted by atomic mass is 79.9. The lowest BCUT2D eigenvalue weighted by Crippen LogP contribution is -2.41. The number of rotatable bonds is 15. The maximum absolute atomic E-state index is 12.4. The van der Waals surface area contributed by atoms with Crippen LogP contribution in [0.4, 0.5) is 0 Å². The van der Waals surface area contributed by atoms with Crippen LogP contribution in [0.1, 0.15) is 59.3 Å². The number of hydrogen-bond donors (Lipinski definition) is 4. The largest absolute Gasteiger partial charge is 0.465 e. The van der Waals surface area contributed by atoms with Gasteiger partial charge in [0.1, 0.15) is 22.8 Å². The Kier molecular flexibility index (Phi) is 14.7. The van der Waals surface area contributed by atoms with Crippen LogP contribution in [0.15, 0.2) is 20.6 Å². The van der Waals surface area contributed by atoms with Gasteiger partial charge in [-0.05, 0) is 59.3 Å². The van der Waals surface area contributed by atoms with Crippen LogP contribution in [-0.4, -0.2) is 74.2 Å². The lowest BCUT2D eigenvalue weighted by molar-refractivity contribution is -0.169. The standard InChI is InChI=1S/C19H31BrN4O8/c1-13(21-27)15(23-29)8-4-6-10-31-17(25)19(3,12-20)18(26)32-11-7-5-9-16(24-30)14(2)22-28/h27-30H,4-12H2,1-3H3. The topological polar surface area (TPSA) is 183 Å². The second-order valence-corrected chi connectivity index (χ2v) is 7.68. The maximum atomic E-state index is 12.4. The number of unbranched alkanes of at least 4 members (excludes halogenated alkanes) is 2. The average Bonchev–Trinajstić information content (AvgIpc) is 2.81. The summed E-state index contributed by atoms with van der Waals surface area (Å²) in [7, 11) is 0. The minimum absolute atomic E-state index is 0.0125. The molecule has 0 rings (SSSR count). The molecule has 0 aromatic heterocycles. The molecule has 0 aliphatic carbocycles. The van der Waals surface area contributed by atoms with Gasteiger partial charge in [-0.25, -0.2) is 0 Å². The van der Waals surface area contributed by atoms with E-state index in [-0.39, 0.29) is 41.4 Å². The van der Waals surface area contributed by atoms with Gasteiger partial charge in [-0.15, -0.1) is 0 Å². The van der Waals surface area contributed by atoms with Crippen molar-refractivity contribution in [2.75, 3.05) is 18.5 Å². The fourth-order valence-corrected chi connectivity index (χ4v) is 2.81. The van der Waals surface area contributed by atoms with Crippen LogP contribution < -0.4 is 0 Å². The first-order valence-corrected chi connectivity index (χ1v) is 11.0. The van der Waals surface area contributed by atoms with E-state index in [0.29, 0.717) is 38.5 Å². The van der Waals surface area contributed by atoms with E-state index in [1.165, 1.54) is 20.8 Å². The van der Waals surface area contributed by atoms with Gasteiger partial charge in [0.15, 0.2) is 5.41 Å². The number of halogens is 1. The average molecular weight is 523 g/mol. The molecule has 0 atom stereocenters. The first-order valence-electron chi connectivity index (χ1n) is 9.92. The zero-order chi connectivity index (χ0) is 24.6. The Balaban J connectivity index is 4.44. The first kappa shape index (κ1) is 29.3. The van der Waals surface area contributed by atoms with Gasteiger partial charge in [-0.2, -0.15) is 0 Å². The third-order valence-corrected chi connectivity index (χ3v) is 5.75. The van der Waals surface area contributed by atoms with Crippen molar-refractivity contribution in [2.45, 2.75) is 59.3 Å². The van der Waals surface area contributed by atoms with Gasteiger partial charge in [-0.1, -0.05) is 36.6 Å². The summed E-state index contributed by atoms with van der Waals surface area (Å²) in [6.45, 7) is 4.51. The van der Waals surface area contributed by atoms with Crippen molar-refractivity contribution in [1.82, 2.24) is 0 Å². The van der Waals surface area contributed by atoms with Crippen LogP contribution in [0.3, 0.4) is 0 Å². The zero-order valence-electron chi connectivity index (χ0n) is 18.5. The SMILES string of the molecule is CC(=NO)C(CCCCOC(=O)C(C)(CBr)C(=O)OCCCCC(=NO)C(C)=NO)=NO. The van der Waals surface area contributed by atoms with Crippen molar-refractivity contribution in [2.24, 2.45) is 26.0 Å². The molecular formula is C19H31BrN4O8. The van der Waals surface area contributed by atoms with Gasteiger partial charge >= 0.3 is 11.9 Å². The predicted octanol–water partition coefficient (Wildman–Crippen LogP) is 3.18. The van der Waals surface area contributed by atoms with Crippen LogP contribution in [0.2, 0.25) is 0 Å². The molecule has 0 fully saturated rings. The van der Waals surface area contributed by atoms with Crippen molar-refractivity contribution < 1.29 is 39.9 Å². The molecule has 0 spiro atoms. The summed E-state index contributed by atoms with van der Waals surface area (Å²) >= 11 is 3.16. The van der Waals surface area contributed by atoms with Crippen molar-refractivity contribution in [3.8, 4) is 0 Å². The number of hydrogen-bond acceptors (Lipinski definition) is 12. The van der Waals surface area contributed by atoms with Gasteiger partial charge in [0.05, 0.1) is 13.2 Å². The molecule has 0 saturated carbocycles. The van der Waals surface area contributed by atoms with E-state index >= 15 is 0 Å². The Bertz CT molecular complexity index is 681. The summed E-state index contributed by atoms with van der Waals surface area (Å²) in [5, 5.41) is 47.2. The second kappa shape index (κ2) is 16.0. The molecule has 32 heavy (non-hydrogen) atoms. The van der Waals surface area contributed by atoms with Crippen LogP contribution >= 0.6 is 15.9 Å². The fraction of sp³-hybridized carbons (Fsp3) is 0.684. The molecular weight excluding hydrogens is 492 g/mol. The van der Waals surface area contributed by atoms with Crippen molar-refractivity contribution in [3.63, 3.8) is 0 Å². The van der Waals surface area contributed by atoms with Crippen molar-refractivity contribution >= 4 is 50.7 Å². The molecule has 0 saturated heterocycles. The highest BCUT2D eigenvalue weighted by molar-refractivity contribution is 9.09. The Morgan fingerprint density at radius 2 is 1.12 bits per heavy atom. The van der Waals surface area contributed by atoms with E-state index < -0.39 is 17.4 Å². The quantitative estimate of drug-likeness (QED) is 0.0480. The summed E-state index contributed by atoms with van der Waals surface area (Å²) in [4.78, 5) is 24.8. The second-order valence-electron chi connectivity index (χ2n) is 7.12. The smallest absolute Gasteiger partial charge is 0.324 e. The molecule has 182 valence electrons. The number of ether oxygens (including phenoxy) is 2. The van der Waals surface area contributed by atoms with E-state index in [1.54, 1.807) is 0 Å². The Morgan fingerprint density at radius 3 is 1.41 bits per heavy atom. The lowest BCUT2D eigenvalue weighted by atomic mass is 9.94. The summed E-state index contributed by atoms with van der Waals surface area (Å²) in [6.07, 6.45) is 2.57. The third kappa shape index (κ3) is 9.62. The number of oxime groups is 4. The van der Waals surface area contributed by atoms with Crippen LogP contribution in [0.25, 0.3) is 0 Å². The highest BCUT2D eigenvalue weighted by Gasteiger charge is 2.43. The Labute approximate surface area is 194 Å². The van der Waals surface area contributed by atoms with Gasteiger partial charge < -0.3 is 30.3 Å². The van der Waals surface area contributed by atoms with Crippen LogP contribution in [-0.2, 0) is 19.1 Å². The van der Waals surface area contributed by atoms with Gasteiger partial charge in [0.25, 0.3) is 0 Å². The Morgan fingerprint density at radius 1 is 0.750 bits per heavy atom. The van der Waals surface area contributed by atoms with E-state index in [1.807, 2.05) is 0 Å². The number of carbonyl (C=O) groups excluding carboxylic acids is 2. The minimum atomic E-state index is -1.52. The first-order chi connectivity index (χ1) is 15.2. The fourth-order valence-electron chi connectivity index (χ4n) is 2.35. The maximum Gasteiger partial charge on any atom is 0.324 e. The molecule has 4 N–H and O–H groups in total. The number of nitrogens with zero attached hydrogens (tertiary/aromatic N) is 4. The predicted molar refractivity (Wildman–Crippen MR) is 120 cm³/mol. The molecule has 0 heterocycles. The molecule has 0 bridgehead atoms. The number of esters is 2. The van der Waals surface area contributed by atoms with Gasteiger partial charge in [0, 0.05) is 5.33 Å². The molecule has 0 aromatic carbocycles. The summed E-state index contributed by atoms with van der Waals surface area (Å²) in [5.41, 5.74) is -0.686. The van der Waals surface area contributed by atoms with E-state index in [2.05, 4.69) is 36.6 Å². The summed E-state index contributed by atoms with van der Waals surface area (Å²) < 4.78 is 10.4. The number of alkyl halides is 1. The monoisotopic (exact) mass is 522 g/mol. The minimum Gasteiger partial charge on any atom is -0.465 e. The van der Waals surface area contributed by atoms with E-state index in [9.17, 15) is 9.59 Å². The molecule has 0 aliphatic heterocycles. The van der Waals surface area contributed by atoms with E-state index in [0.717, 1.165) is 0 Å². The third-order valence-electron chi connectivity index (χ3n) is 4.63. The molecule has 0 unspecified atom stereocenters. The van der Waals surface area contributed by atoms with Crippen molar-refractivity contribution in [1.29, 1.82) is 0 Å². The zero-order valence-corrected chi connectivity index (χ0v) is 20.0. The van der Waals surface area contributed by atoms with Crippen LogP contribution in [0, 0.1) is 5.41 Å². The normalized spacial score (nSPS) is 15.2. The number of carbonyl (C=O) groups is 2. The van der Waals surface area contributed by atoms with Gasteiger partial charge in [-0.3, -0.25) is 9.59 Å². The van der Waals surface area contributed by atoms with E-state index in [4.69, 9.17) is 30.3 Å². The molecule has 0 amide bonds. The molecule has 12 nitrogen and oxygen atoms in total. The van der Waals surface area contributed by atoms with Crippen molar-refractivity contribution in [3.05, 3.63) is 0 Å².